The molecule has 8 heteroatoms. The summed E-state index contributed by atoms with van der Waals surface area (Å²) in [6.07, 6.45) is 1.74. The first-order valence-corrected chi connectivity index (χ1v) is 11.3. The van der Waals surface area contributed by atoms with Crippen LogP contribution in [0.1, 0.15) is 22.3 Å². The van der Waals surface area contributed by atoms with Crippen molar-refractivity contribution in [3.05, 3.63) is 69.2 Å². The van der Waals surface area contributed by atoms with Gasteiger partial charge in [-0.05, 0) is 48.2 Å². The molecule has 1 atom stereocenters. The van der Waals surface area contributed by atoms with Crippen molar-refractivity contribution in [3.8, 4) is 0 Å². The Morgan fingerprint density at radius 3 is 2.56 bits per heavy atom. The SMILES string of the molecule is O=C(C1Cc2ccc(Cl)cc2C1)N1CCN(CCC(=O)n2c(=O)oc3ccccc32)CC1. The Hall–Kier alpha value is -2.90. The molecule has 2 aromatic carbocycles. The van der Waals surface area contributed by atoms with Gasteiger partial charge in [0.15, 0.2) is 5.58 Å². The zero-order valence-corrected chi connectivity index (χ0v) is 18.4. The average molecular weight is 454 g/mol. The molecule has 32 heavy (non-hydrogen) atoms. The highest BCUT2D eigenvalue weighted by atomic mass is 35.5. The van der Waals surface area contributed by atoms with Crippen LogP contribution >= 0.6 is 11.6 Å². The van der Waals surface area contributed by atoms with Gasteiger partial charge in [-0.3, -0.25) is 14.5 Å². The molecule has 0 radical (unpaired) electrons. The zero-order chi connectivity index (χ0) is 22.2. The Morgan fingerprint density at radius 1 is 1.00 bits per heavy atom. The molecule has 0 bridgehead atoms. The molecule has 7 nitrogen and oxygen atoms in total. The first kappa shape index (κ1) is 21.0. The number of oxazole rings is 1. The van der Waals surface area contributed by atoms with Crippen molar-refractivity contribution in [2.24, 2.45) is 5.92 Å². The van der Waals surface area contributed by atoms with Crippen LogP contribution in [0.5, 0.6) is 0 Å². The topological polar surface area (TPSA) is 75.8 Å². The molecule has 2 heterocycles. The summed E-state index contributed by atoms with van der Waals surface area (Å²) in [4.78, 5) is 41.9. The highest BCUT2D eigenvalue weighted by Gasteiger charge is 2.32. The molecule has 1 fully saturated rings. The van der Waals surface area contributed by atoms with E-state index in [1.165, 1.54) is 11.1 Å². The predicted octanol–water partition coefficient (Wildman–Crippen LogP) is 2.84. The number of hydrogen-bond donors (Lipinski definition) is 0. The van der Waals surface area contributed by atoms with E-state index >= 15 is 0 Å². The van der Waals surface area contributed by atoms with Gasteiger partial charge in [0.05, 0.1) is 5.52 Å². The number of carbonyl (C=O) groups excluding carboxylic acids is 2. The summed E-state index contributed by atoms with van der Waals surface area (Å²) in [5, 5.41) is 0.714. The largest absolute Gasteiger partial charge is 0.426 e. The molecule has 166 valence electrons. The van der Waals surface area contributed by atoms with Gasteiger partial charge < -0.3 is 9.32 Å². The number of benzene rings is 2. The average Bonchev–Trinajstić information content (AvgIpc) is 3.37. The maximum absolute atomic E-state index is 13.0. The lowest BCUT2D eigenvalue weighted by molar-refractivity contribution is -0.137. The van der Waals surface area contributed by atoms with Crippen LogP contribution in [0, 0.1) is 5.92 Å². The van der Waals surface area contributed by atoms with Gasteiger partial charge in [0.1, 0.15) is 0 Å². The van der Waals surface area contributed by atoms with Gasteiger partial charge in [-0.1, -0.05) is 29.8 Å². The molecule has 1 amide bonds. The lowest BCUT2D eigenvalue weighted by Crippen LogP contribution is -2.50. The Balaban J connectivity index is 1.14. The van der Waals surface area contributed by atoms with Crippen molar-refractivity contribution in [2.75, 3.05) is 32.7 Å². The van der Waals surface area contributed by atoms with Crippen molar-refractivity contribution >= 4 is 34.5 Å². The number of halogens is 1. The van der Waals surface area contributed by atoms with Crippen LogP contribution in [0.3, 0.4) is 0 Å². The monoisotopic (exact) mass is 453 g/mol. The normalized spacial score (nSPS) is 18.8. The minimum atomic E-state index is -0.648. The number of aromatic nitrogens is 1. The maximum atomic E-state index is 13.0. The number of para-hydroxylation sites is 2. The molecule has 1 aliphatic carbocycles. The van der Waals surface area contributed by atoms with Gasteiger partial charge in [0, 0.05) is 50.1 Å². The molecule has 0 N–H and O–H groups in total. The van der Waals surface area contributed by atoms with Crippen LogP contribution in [0.2, 0.25) is 5.02 Å². The van der Waals surface area contributed by atoms with Crippen molar-refractivity contribution in [1.29, 1.82) is 0 Å². The summed E-state index contributed by atoms with van der Waals surface area (Å²) < 4.78 is 6.26. The Bertz CT molecular complexity index is 1240. The minimum Gasteiger partial charge on any atom is -0.407 e. The highest BCUT2D eigenvalue weighted by molar-refractivity contribution is 6.30. The molecule has 3 aromatic rings. The highest BCUT2D eigenvalue weighted by Crippen LogP contribution is 2.30. The summed E-state index contributed by atoms with van der Waals surface area (Å²) >= 11 is 6.09. The van der Waals surface area contributed by atoms with E-state index in [-0.39, 0.29) is 24.2 Å². The summed E-state index contributed by atoms with van der Waals surface area (Å²) in [5.41, 5.74) is 3.30. The minimum absolute atomic E-state index is 0.0159. The molecule has 2 aliphatic rings. The van der Waals surface area contributed by atoms with Crippen LogP contribution < -0.4 is 5.76 Å². The van der Waals surface area contributed by atoms with Crippen molar-refractivity contribution in [2.45, 2.75) is 19.3 Å². The molecule has 1 unspecified atom stereocenters. The molecule has 1 aliphatic heterocycles. The lowest BCUT2D eigenvalue weighted by Gasteiger charge is -2.35. The van der Waals surface area contributed by atoms with Crippen molar-refractivity contribution in [1.82, 2.24) is 14.4 Å². The van der Waals surface area contributed by atoms with Crippen LogP contribution in [0.25, 0.3) is 11.1 Å². The predicted molar refractivity (Wildman–Crippen MR) is 121 cm³/mol. The zero-order valence-electron chi connectivity index (χ0n) is 17.6. The molecule has 0 saturated carbocycles. The number of amides is 1. The quantitative estimate of drug-likeness (QED) is 0.607. The van der Waals surface area contributed by atoms with E-state index in [1.807, 2.05) is 23.1 Å². The van der Waals surface area contributed by atoms with E-state index in [9.17, 15) is 14.4 Å². The summed E-state index contributed by atoms with van der Waals surface area (Å²) in [7, 11) is 0. The Morgan fingerprint density at radius 2 is 1.75 bits per heavy atom. The standard InChI is InChI=1S/C24H24ClN3O4/c25-19-6-5-16-13-18(14-17(16)15-19)23(30)27-11-9-26(10-12-27)8-7-22(29)28-20-3-1-2-4-21(20)32-24(28)31/h1-6,15,18H,7-14H2. The van der Waals surface area contributed by atoms with Crippen LogP contribution in [0.15, 0.2) is 51.7 Å². The molecule has 5 rings (SSSR count). The smallest absolute Gasteiger partial charge is 0.407 e. The summed E-state index contributed by atoms with van der Waals surface area (Å²) in [6.45, 7) is 3.27. The van der Waals surface area contributed by atoms with E-state index in [4.69, 9.17) is 16.0 Å². The van der Waals surface area contributed by atoms with E-state index in [0.29, 0.717) is 48.8 Å². The van der Waals surface area contributed by atoms with Crippen LogP contribution in [0.4, 0.5) is 0 Å². The molecule has 1 saturated heterocycles. The second-order valence-corrected chi connectivity index (χ2v) is 8.94. The number of carbonyl (C=O) groups is 2. The first-order valence-electron chi connectivity index (χ1n) is 10.9. The van der Waals surface area contributed by atoms with Crippen LogP contribution in [-0.2, 0) is 17.6 Å². The van der Waals surface area contributed by atoms with Gasteiger partial charge in [-0.25, -0.2) is 9.36 Å². The lowest BCUT2D eigenvalue weighted by atomic mass is 10.0. The molecule has 0 spiro atoms. The number of hydrogen-bond acceptors (Lipinski definition) is 5. The van der Waals surface area contributed by atoms with E-state index in [2.05, 4.69) is 4.90 Å². The van der Waals surface area contributed by atoms with Gasteiger partial charge in [0.25, 0.3) is 0 Å². The second kappa shape index (κ2) is 8.56. The van der Waals surface area contributed by atoms with E-state index < -0.39 is 5.76 Å². The van der Waals surface area contributed by atoms with Gasteiger partial charge >= 0.3 is 5.76 Å². The van der Waals surface area contributed by atoms with E-state index in [1.54, 1.807) is 24.3 Å². The second-order valence-electron chi connectivity index (χ2n) is 8.50. The fourth-order valence-electron chi connectivity index (χ4n) is 4.78. The fraction of sp³-hybridized carbons (Fsp3) is 0.375. The maximum Gasteiger partial charge on any atom is 0.426 e. The first-order chi connectivity index (χ1) is 15.5. The number of piperazine rings is 1. The van der Waals surface area contributed by atoms with Crippen molar-refractivity contribution in [3.63, 3.8) is 0 Å². The molecular weight excluding hydrogens is 430 g/mol. The Kier molecular flexibility index (Phi) is 5.61. The molecular formula is C24H24ClN3O4. The van der Waals surface area contributed by atoms with Gasteiger partial charge in [-0.15, -0.1) is 0 Å². The van der Waals surface area contributed by atoms with Gasteiger partial charge in [0.2, 0.25) is 11.8 Å². The Labute approximate surface area is 190 Å². The third kappa shape index (κ3) is 3.98. The number of rotatable bonds is 4. The fourth-order valence-corrected chi connectivity index (χ4v) is 4.97. The van der Waals surface area contributed by atoms with E-state index in [0.717, 1.165) is 17.4 Å². The number of fused-ring (bicyclic) bond motifs is 2. The summed E-state index contributed by atoms with van der Waals surface area (Å²) in [5.74, 6) is -0.742. The van der Waals surface area contributed by atoms with Gasteiger partial charge in [-0.2, -0.15) is 0 Å². The summed E-state index contributed by atoms with van der Waals surface area (Å²) in [6, 6.07) is 12.8. The third-order valence-corrected chi connectivity index (χ3v) is 6.75. The molecule has 1 aromatic heterocycles. The van der Waals surface area contributed by atoms with Crippen molar-refractivity contribution < 1.29 is 14.0 Å². The number of nitrogens with zero attached hydrogens (tertiary/aromatic N) is 3. The third-order valence-electron chi connectivity index (χ3n) is 6.51. The van der Waals surface area contributed by atoms with Crippen LogP contribution in [-0.4, -0.2) is 58.9 Å².